The van der Waals surface area contributed by atoms with Crippen molar-refractivity contribution in [2.24, 2.45) is 0 Å². The van der Waals surface area contributed by atoms with E-state index in [0.717, 1.165) is 17.4 Å². The number of amides is 2. The maximum Gasteiger partial charge on any atom is 0.276 e. The Morgan fingerprint density at radius 2 is 1.72 bits per heavy atom. The Labute approximate surface area is 290 Å². The number of anilines is 2. The van der Waals surface area contributed by atoms with Gasteiger partial charge in [0.05, 0.1) is 43.7 Å². The van der Waals surface area contributed by atoms with Gasteiger partial charge in [0.15, 0.2) is 5.54 Å². The number of fused-ring (bicyclic) bond motifs is 1. The number of sulfonamides is 1. The van der Waals surface area contributed by atoms with Crippen molar-refractivity contribution in [3.8, 4) is 23.4 Å². The molecule has 1 saturated heterocycles. The lowest BCUT2D eigenvalue weighted by Crippen LogP contribution is -2.49. The summed E-state index contributed by atoms with van der Waals surface area (Å²) < 4.78 is 46.5. The molecular formula is C36H36N6O7S. The monoisotopic (exact) mass is 696 g/mol. The lowest BCUT2D eigenvalue weighted by molar-refractivity contribution is -0.120. The second-order valence-corrected chi connectivity index (χ2v) is 13.5. The van der Waals surface area contributed by atoms with Gasteiger partial charge < -0.3 is 29.3 Å². The van der Waals surface area contributed by atoms with E-state index in [2.05, 4.69) is 21.3 Å². The molecule has 13 nitrogen and oxygen atoms in total. The van der Waals surface area contributed by atoms with Crippen molar-refractivity contribution in [3.05, 3.63) is 101 Å². The predicted octanol–water partition coefficient (Wildman–Crippen LogP) is 3.85. The van der Waals surface area contributed by atoms with E-state index in [1.165, 1.54) is 56.8 Å². The smallest absolute Gasteiger partial charge is 0.276 e. The van der Waals surface area contributed by atoms with Crippen molar-refractivity contribution in [1.82, 2.24) is 14.8 Å². The quantitative estimate of drug-likeness (QED) is 0.257. The molecule has 4 aromatic rings. The molecule has 50 heavy (non-hydrogen) atoms. The molecule has 1 fully saturated rings. The molecule has 1 atom stereocenters. The third-order valence-electron chi connectivity index (χ3n) is 8.85. The average molecular weight is 697 g/mol. The van der Waals surface area contributed by atoms with E-state index in [4.69, 9.17) is 14.2 Å². The van der Waals surface area contributed by atoms with E-state index in [0.29, 0.717) is 30.1 Å². The standard InChI is InChI=1S/C36H36N6O7S/c1-5-49-33-28(7-6-16-38-33)36(39-26-11-9-25(10-12-26)34(43)41-19-17-40(2)18-20-41)29-21-24(23-37)8-14-30(29)42(35(36)44)50(45,46)32-15-13-27(47-3)22-31(32)48-4/h6-16,21-22,39H,5,17-20H2,1-4H3. The summed E-state index contributed by atoms with van der Waals surface area (Å²) >= 11 is 0. The molecule has 2 amide bonds. The van der Waals surface area contributed by atoms with Gasteiger partial charge in [0, 0.05) is 55.3 Å². The van der Waals surface area contributed by atoms with Crippen molar-refractivity contribution >= 4 is 33.2 Å². The van der Waals surface area contributed by atoms with Crippen LogP contribution >= 0.6 is 0 Å². The van der Waals surface area contributed by atoms with Gasteiger partial charge in [-0.15, -0.1) is 0 Å². The van der Waals surface area contributed by atoms with Gasteiger partial charge in [-0.3, -0.25) is 9.59 Å². The van der Waals surface area contributed by atoms with Crippen molar-refractivity contribution in [2.45, 2.75) is 17.4 Å². The number of nitrogens with one attached hydrogen (secondary N) is 1. The zero-order valence-corrected chi connectivity index (χ0v) is 28.9. The number of hydrogen-bond acceptors (Lipinski definition) is 11. The molecular weight excluding hydrogens is 660 g/mol. The topological polar surface area (TPSA) is 154 Å². The first-order valence-electron chi connectivity index (χ1n) is 15.9. The molecule has 1 aromatic heterocycles. The van der Waals surface area contributed by atoms with Gasteiger partial charge in [-0.1, -0.05) is 0 Å². The van der Waals surface area contributed by atoms with E-state index >= 15 is 4.79 Å². The molecule has 1 unspecified atom stereocenters. The summed E-state index contributed by atoms with van der Waals surface area (Å²) in [5.41, 5.74) is -0.479. The first-order valence-corrected chi connectivity index (χ1v) is 17.3. The number of piperazine rings is 1. The summed E-state index contributed by atoms with van der Waals surface area (Å²) in [5, 5.41) is 13.2. The molecule has 0 aliphatic carbocycles. The molecule has 0 radical (unpaired) electrons. The zero-order valence-electron chi connectivity index (χ0n) is 28.0. The Balaban J connectivity index is 1.53. The lowest BCUT2D eigenvalue weighted by Gasteiger charge is -2.33. The Kier molecular flexibility index (Phi) is 9.37. The van der Waals surface area contributed by atoms with Crippen LogP contribution in [0, 0.1) is 11.3 Å². The summed E-state index contributed by atoms with van der Waals surface area (Å²) in [6.07, 6.45) is 1.50. The molecule has 2 aliphatic heterocycles. The average Bonchev–Trinajstić information content (AvgIpc) is 3.39. The maximum absolute atomic E-state index is 15.2. The van der Waals surface area contributed by atoms with E-state index in [1.54, 1.807) is 48.2 Å². The van der Waals surface area contributed by atoms with Crippen molar-refractivity contribution in [2.75, 3.05) is 63.7 Å². The van der Waals surface area contributed by atoms with Crippen LogP contribution in [0.25, 0.3) is 0 Å². The molecule has 2 aliphatic rings. The van der Waals surface area contributed by atoms with Gasteiger partial charge in [0.25, 0.3) is 21.8 Å². The second-order valence-electron chi connectivity index (χ2n) is 11.8. The van der Waals surface area contributed by atoms with Crippen LogP contribution in [0.1, 0.15) is 34.0 Å². The molecule has 3 heterocycles. The van der Waals surface area contributed by atoms with Crippen LogP contribution in [0.3, 0.4) is 0 Å². The Hall–Kier alpha value is -5.65. The number of carbonyl (C=O) groups excluding carboxylic acids is 2. The summed E-state index contributed by atoms with van der Waals surface area (Å²) in [7, 11) is 0.119. The van der Waals surface area contributed by atoms with E-state index < -0.39 is 21.5 Å². The van der Waals surface area contributed by atoms with E-state index in [9.17, 15) is 18.5 Å². The summed E-state index contributed by atoms with van der Waals surface area (Å²) in [4.78, 5) is 36.6. The molecule has 258 valence electrons. The Morgan fingerprint density at radius 1 is 0.980 bits per heavy atom. The van der Waals surface area contributed by atoms with Gasteiger partial charge in [-0.05, 0) is 80.7 Å². The number of hydrogen-bond donors (Lipinski definition) is 1. The van der Waals surface area contributed by atoms with Crippen LogP contribution in [-0.4, -0.2) is 89.1 Å². The van der Waals surface area contributed by atoms with Crippen LogP contribution < -0.4 is 23.8 Å². The molecule has 3 aromatic carbocycles. The highest BCUT2D eigenvalue weighted by molar-refractivity contribution is 7.93. The maximum atomic E-state index is 15.2. The number of rotatable bonds is 10. The fourth-order valence-corrected chi connectivity index (χ4v) is 7.87. The number of ether oxygens (including phenoxy) is 3. The second kappa shape index (κ2) is 13.7. The van der Waals surface area contributed by atoms with Crippen LogP contribution in [0.15, 0.2) is 83.9 Å². The number of nitrogens with zero attached hydrogens (tertiary/aromatic N) is 5. The Morgan fingerprint density at radius 3 is 2.38 bits per heavy atom. The third-order valence-corrected chi connectivity index (χ3v) is 10.6. The van der Waals surface area contributed by atoms with Crippen LogP contribution in [0.5, 0.6) is 17.4 Å². The normalized spacial score (nSPS) is 17.5. The molecule has 14 heteroatoms. The molecule has 1 N–H and O–H groups in total. The Bertz CT molecular complexity index is 2090. The first-order chi connectivity index (χ1) is 24.1. The van der Waals surface area contributed by atoms with Crippen LogP contribution in [-0.2, 0) is 20.4 Å². The first kappa shape index (κ1) is 34.2. The number of aromatic nitrogens is 1. The van der Waals surface area contributed by atoms with Gasteiger partial charge in [0.2, 0.25) is 5.88 Å². The number of carbonyl (C=O) groups is 2. The lowest BCUT2D eigenvalue weighted by atomic mass is 9.83. The van der Waals surface area contributed by atoms with Crippen molar-refractivity contribution in [3.63, 3.8) is 0 Å². The molecule has 0 spiro atoms. The molecule has 6 rings (SSSR count). The highest BCUT2D eigenvalue weighted by Crippen LogP contribution is 2.51. The minimum absolute atomic E-state index is 0.0209. The van der Waals surface area contributed by atoms with Gasteiger partial charge in [-0.2, -0.15) is 9.57 Å². The highest BCUT2D eigenvalue weighted by Gasteiger charge is 2.58. The van der Waals surface area contributed by atoms with Crippen molar-refractivity contribution in [1.29, 1.82) is 5.26 Å². The van der Waals surface area contributed by atoms with Crippen molar-refractivity contribution < 1.29 is 32.2 Å². The predicted molar refractivity (Wildman–Crippen MR) is 185 cm³/mol. The molecule has 0 bridgehead atoms. The minimum atomic E-state index is -4.65. The number of nitriles is 1. The highest BCUT2D eigenvalue weighted by atomic mass is 32.2. The minimum Gasteiger partial charge on any atom is -0.497 e. The van der Waals surface area contributed by atoms with Crippen LogP contribution in [0.4, 0.5) is 11.4 Å². The van der Waals surface area contributed by atoms with Crippen LogP contribution in [0.2, 0.25) is 0 Å². The summed E-state index contributed by atoms with van der Waals surface area (Å²) in [5.74, 6) is -0.596. The van der Waals surface area contributed by atoms with Gasteiger partial charge in [-0.25, -0.2) is 13.4 Å². The fourth-order valence-electron chi connectivity index (χ4n) is 6.27. The van der Waals surface area contributed by atoms with Gasteiger partial charge >= 0.3 is 0 Å². The number of pyridine rings is 1. The SMILES string of the molecule is CCOc1ncccc1C1(Nc2ccc(C(=O)N3CCN(C)CC3)cc2)C(=O)N(S(=O)(=O)c2ccc(OC)cc2OC)c2ccc(C#N)cc21. The summed E-state index contributed by atoms with van der Waals surface area (Å²) in [6, 6.07) is 20.5. The largest absolute Gasteiger partial charge is 0.497 e. The van der Waals surface area contributed by atoms with E-state index in [1.807, 2.05) is 7.05 Å². The zero-order chi connectivity index (χ0) is 35.6. The fraction of sp³-hybridized carbons (Fsp3) is 0.278. The number of methoxy groups -OCH3 is 2. The van der Waals surface area contributed by atoms with E-state index in [-0.39, 0.29) is 51.4 Å². The third kappa shape index (κ3) is 5.84. The number of benzene rings is 3. The van der Waals surface area contributed by atoms with Gasteiger partial charge in [0.1, 0.15) is 16.4 Å². The number of likely N-dealkylation sites (N-methyl/N-ethyl adjacent to an activating group) is 1. The molecule has 0 saturated carbocycles. The summed E-state index contributed by atoms with van der Waals surface area (Å²) in [6.45, 7) is 4.72.